The van der Waals surface area contributed by atoms with Gasteiger partial charge in [0.05, 0.1) is 0 Å². The van der Waals surface area contributed by atoms with Gasteiger partial charge in [0.15, 0.2) is 0 Å². The van der Waals surface area contributed by atoms with E-state index >= 15 is 0 Å². The van der Waals surface area contributed by atoms with Crippen molar-refractivity contribution in [3.05, 3.63) is 11.1 Å². The van der Waals surface area contributed by atoms with E-state index < -0.39 is 8.32 Å². The van der Waals surface area contributed by atoms with Gasteiger partial charge in [0.2, 0.25) is 0 Å². The van der Waals surface area contributed by atoms with Crippen molar-refractivity contribution >= 4 is 8.32 Å². The average Bonchev–Trinajstić information content (AvgIpc) is 2.42. The summed E-state index contributed by atoms with van der Waals surface area (Å²) in [7, 11) is -1.67. The second-order valence-corrected chi connectivity index (χ2v) is 12.9. The molecule has 0 aromatic carbocycles. The van der Waals surface area contributed by atoms with E-state index in [-0.39, 0.29) is 5.04 Å². The van der Waals surface area contributed by atoms with E-state index in [4.69, 9.17) is 4.43 Å². The molecule has 0 aromatic heterocycles. The summed E-state index contributed by atoms with van der Waals surface area (Å²) < 4.78 is 6.59. The number of unbranched alkanes of at least 4 members (excludes halogenated alkanes) is 2. The molecule has 0 aliphatic heterocycles. The molecule has 0 bridgehead atoms. The minimum absolute atomic E-state index is 0.279. The number of hydrogen-bond donors (Lipinski definition) is 0. The van der Waals surface area contributed by atoms with Crippen molar-refractivity contribution in [3.8, 4) is 10.7 Å². The summed E-state index contributed by atoms with van der Waals surface area (Å²) >= 11 is 1.69. The third kappa shape index (κ3) is 9.90. The second kappa shape index (κ2) is 11.5. The topological polar surface area (TPSA) is 9.23 Å². The molecule has 0 radical (unpaired) electrons. The van der Waals surface area contributed by atoms with Crippen LogP contribution < -0.4 is 0 Å². The fraction of sp³-hybridized carbons (Fsp3) is 0.789. The SMILES string of the molecule is CCCC#[C][Cu]/[CH]=C/CC(CCCC)O[Si](C)(C)C(C)(C)C. The van der Waals surface area contributed by atoms with E-state index in [9.17, 15) is 0 Å². The molecule has 1 unspecified atom stereocenters. The summed E-state index contributed by atoms with van der Waals surface area (Å²) in [5, 5.41) is 0.279. The molecule has 0 fully saturated rings. The van der Waals surface area contributed by atoms with E-state index in [0.717, 1.165) is 19.3 Å². The van der Waals surface area contributed by atoms with Crippen LogP contribution >= 0.6 is 0 Å². The van der Waals surface area contributed by atoms with Crippen LogP contribution in [-0.4, -0.2) is 14.4 Å². The molecule has 1 atom stereocenters. The van der Waals surface area contributed by atoms with Gasteiger partial charge in [-0.1, -0.05) is 0 Å². The molecule has 0 aliphatic carbocycles. The molecule has 0 saturated carbocycles. The Morgan fingerprint density at radius 3 is 2.41 bits per heavy atom. The first-order chi connectivity index (χ1) is 10.2. The van der Waals surface area contributed by atoms with E-state index in [1.807, 2.05) is 0 Å². The summed E-state index contributed by atoms with van der Waals surface area (Å²) in [5.41, 5.74) is 0. The Morgan fingerprint density at radius 1 is 1.18 bits per heavy atom. The molecule has 0 amide bonds. The standard InChI is InChI=1S/C14H29OSi.C5H7.Cu/c1-8-10-12-13(11-9-2)15-16(6,7)14(3,4)5;1-3-5-4-2;/h2,9,13H,8,10-12H2,1,3-7H3;3,5H2,1H3;. The number of hydrogen-bond acceptors (Lipinski definition) is 1. The number of rotatable bonds is 9. The van der Waals surface area contributed by atoms with Crippen LogP contribution in [0.5, 0.6) is 0 Å². The average molecular weight is 372 g/mol. The maximum absolute atomic E-state index is 6.59. The zero-order valence-corrected chi connectivity index (χ0v) is 17.6. The predicted octanol–water partition coefficient (Wildman–Crippen LogP) is 6.31. The van der Waals surface area contributed by atoms with Crippen molar-refractivity contribution < 1.29 is 19.4 Å². The molecule has 3 heteroatoms. The van der Waals surface area contributed by atoms with Gasteiger partial charge in [-0.3, -0.25) is 0 Å². The van der Waals surface area contributed by atoms with E-state index in [2.05, 4.69) is 69.5 Å². The zero-order valence-electron chi connectivity index (χ0n) is 15.7. The van der Waals surface area contributed by atoms with Gasteiger partial charge in [0, 0.05) is 0 Å². The Morgan fingerprint density at radius 2 is 1.86 bits per heavy atom. The van der Waals surface area contributed by atoms with Crippen molar-refractivity contribution in [2.75, 3.05) is 0 Å². The fourth-order valence-electron chi connectivity index (χ4n) is 1.70. The first-order valence-electron chi connectivity index (χ1n) is 8.59. The zero-order chi connectivity index (χ0) is 17.1. The van der Waals surface area contributed by atoms with Gasteiger partial charge in [-0.2, -0.15) is 0 Å². The molecule has 0 saturated heterocycles. The van der Waals surface area contributed by atoms with Gasteiger partial charge in [0.1, 0.15) is 0 Å². The monoisotopic (exact) mass is 371 g/mol. The first kappa shape index (κ1) is 22.0. The molecule has 1 nitrogen and oxygen atoms in total. The second-order valence-electron chi connectivity index (χ2n) is 7.30. The van der Waals surface area contributed by atoms with Crippen LogP contribution in [-0.2, 0) is 19.4 Å². The Hall–Kier alpha value is -0.00364. The molecule has 22 heavy (non-hydrogen) atoms. The molecule has 0 aromatic rings. The normalized spacial score (nSPS) is 14.1. The van der Waals surface area contributed by atoms with E-state index in [0.29, 0.717) is 6.10 Å². The van der Waals surface area contributed by atoms with Gasteiger partial charge in [-0.25, -0.2) is 0 Å². The molecule has 0 spiro atoms. The van der Waals surface area contributed by atoms with Gasteiger partial charge in [-0.15, -0.1) is 0 Å². The Bertz CT molecular complexity index is 371. The Labute approximate surface area is 147 Å². The minimum atomic E-state index is -1.67. The van der Waals surface area contributed by atoms with E-state index in [1.165, 1.54) is 19.3 Å². The Kier molecular flexibility index (Phi) is 11.5. The van der Waals surface area contributed by atoms with Crippen LogP contribution in [0, 0.1) is 10.7 Å². The molecular weight excluding hydrogens is 336 g/mol. The van der Waals surface area contributed by atoms with Crippen molar-refractivity contribution in [1.82, 2.24) is 0 Å². The van der Waals surface area contributed by atoms with Crippen molar-refractivity contribution in [2.45, 2.75) is 97.4 Å². The summed E-state index contributed by atoms with van der Waals surface area (Å²) in [6.07, 6.45) is 9.37. The Balaban J connectivity index is 4.47. The van der Waals surface area contributed by atoms with E-state index in [1.54, 1.807) is 15.0 Å². The molecule has 0 aliphatic rings. The van der Waals surface area contributed by atoms with Gasteiger partial charge in [-0.05, 0) is 0 Å². The van der Waals surface area contributed by atoms with Crippen LogP contribution in [0.25, 0.3) is 0 Å². The van der Waals surface area contributed by atoms with Crippen molar-refractivity contribution in [2.24, 2.45) is 0 Å². The summed E-state index contributed by atoms with van der Waals surface area (Å²) in [6, 6.07) is 0. The predicted molar refractivity (Wildman–Crippen MR) is 98.0 cm³/mol. The van der Waals surface area contributed by atoms with Crippen molar-refractivity contribution in [3.63, 3.8) is 0 Å². The maximum atomic E-state index is 6.59. The van der Waals surface area contributed by atoms with Crippen LogP contribution in [0.1, 0.15) is 73.1 Å². The fourth-order valence-corrected chi connectivity index (χ4v) is 3.63. The third-order valence-corrected chi connectivity index (χ3v) is 9.36. The molecular formula is C19H36CuOSi. The first-order valence-corrected chi connectivity index (χ1v) is 12.5. The van der Waals surface area contributed by atoms with Gasteiger partial charge >= 0.3 is 147 Å². The van der Waals surface area contributed by atoms with Crippen LogP contribution in [0.15, 0.2) is 11.1 Å². The van der Waals surface area contributed by atoms with Crippen molar-refractivity contribution in [1.29, 1.82) is 0 Å². The summed E-state index contributed by atoms with van der Waals surface area (Å²) in [4.78, 5) is 5.22. The summed E-state index contributed by atoms with van der Waals surface area (Å²) in [6.45, 7) is 16.0. The van der Waals surface area contributed by atoms with Crippen LogP contribution in [0.3, 0.4) is 0 Å². The quantitative estimate of drug-likeness (QED) is 0.340. The van der Waals surface area contributed by atoms with Crippen LogP contribution in [0.2, 0.25) is 18.1 Å². The van der Waals surface area contributed by atoms with Gasteiger partial charge < -0.3 is 0 Å². The summed E-state index contributed by atoms with van der Waals surface area (Å²) in [5.74, 6) is 3.15. The van der Waals surface area contributed by atoms with Gasteiger partial charge in [0.25, 0.3) is 0 Å². The molecule has 0 rings (SSSR count). The van der Waals surface area contributed by atoms with Crippen LogP contribution in [0.4, 0.5) is 0 Å². The third-order valence-electron chi connectivity index (χ3n) is 4.14. The molecule has 0 heterocycles. The molecule has 0 N–H and O–H groups in total. The molecule has 133 valence electrons.